The van der Waals surface area contributed by atoms with Crippen LogP contribution < -0.4 is 14.2 Å². The number of aldehydes is 1. The van der Waals surface area contributed by atoms with E-state index in [2.05, 4.69) is 4.74 Å². The van der Waals surface area contributed by atoms with Gasteiger partial charge >= 0.3 is 6.18 Å². The highest BCUT2D eigenvalue weighted by molar-refractivity contribution is 5.78. The molecule has 0 heterocycles. The quantitative estimate of drug-likeness (QED) is 0.439. The molecule has 1 aromatic carbocycles. The third-order valence-electron chi connectivity index (χ3n) is 2.17. The maximum Gasteiger partial charge on any atom is 0.411 e. The number of rotatable bonds is 7. The number of carbonyl (C=O) groups excluding carboxylic acids is 1. The average molecular weight is 294 g/mol. The minimum atomic E-state index is -4.43. The second kappa shape index (κ2) is 6.99. The van der Waals surface area contributed by atoms with Gasteiger partial charge in [0.2, 0.25) is 5.75 Å². The Morgan fingerprint density at radius 2 is 1.70 bits per heavy atom. The molecule has 0 bridgehead atoms. The van der Waals surface area contributed by atoms with Crippen molar-refractivity contribution in [3.63, 3.8) is 0 Å². The molecule has 0 aliphatic carbocycles. The van der Waals surface area contributed by atoms with Gasteiger partial charge in [0.05, 0.1) is 14.2 Å². The Labute approximate surface area is 113 Å². The minimum absolute atomic E-state index is 0.0581. The molecule has 0 amide bonds. The number of ether oxygens (including phenoxy) is 4. The van der Waals surface area contributed by atoms with E-state index in [0.717, 1.165) is 0 Å². The molecular weight excluding hydrogens is 281 g/mol. The Bertz CT molecular complexity index is 434. The van der Waals surface area contributed by atoms with E-state index in [4.69, 9.17) is 14.2 Å². The van der Waals surface area contributed by atoms with E-state index in [9.17, 15) is 18.0 Å². The van der Waals surface area contributed by atoms with Gasteiger partial charge in [-0.2, -0.15) is 13.2 Å². The van der Waals surface area contributed by atoms with Crippen LogP contribution >= 0.6 is 0 Å². The maximum absolute atomic E-state index is 11.9. The predicted molar refractivity (Wildman–Crippen MR) is 62.4 cm³/mol. The largest absolute Gasteiger partial charge is 0.493 e. The number of alkyl halides is 3. The van der Waals surface area contributed by atoms with E-state index in [0.29, 0.717) is 6.29 Å². The summed E-state index contributed by atoms with van der Waals surface area (Å²) < 4.78 is 55.1. The minimum Gasteiger partial charge on any atom is -0.493 e. The molecule has 0 fully saturated rings. The molecule has 1 rings (SSSR count). The lowest BCUT2D eigenvalue weighted by atomic mass is 10.2. The van der Waals surface area contributed by atoms with Crippen LogP contribution in [-0.4, -0.2) is 40.1 Å². The van der Waals surface area contributed by atoms with Gasteiger partial charge in [-0.3, -0.25) is 4.79 Å². The zero-order valence-corrected chi connectivity index (χ0v) is 10.8. The highest BCUT2D eigenvalue weighted by Gasteiger charge is 2.27. The molecule has 112 valence electrons. The summed E-state index contributed by atoms with van der Waals surface area (Å²) in [7, 11) is 2.65. The summed E-state index contributed by atoms with van der Waals surface area (Å²) in [5.41, 5.74) is 0.280. The van der Waals surface area contributed by atoms with Crippen molar-refractivity contribution in [3.05, 3.63) is 17.7 Å². The van der Waals surface area contributed by atoms with E-state index in [-0.39, 0.29) is 22.8 Å². The number of hydrogen-bond donors (Lipinski definition) is 0. The second-order valence-corrected chi connectivity index (χ2v) is 3.60. The fourth-order valence-electron chi connectivity index (χ4n) is 1.37. The molecule has 0 N–H and O–H groups in total. The standard InChI is InChI=1S/C12H13F3O5/c1-17-9-3-8(5-16)4-10(18-2)11(9)20-7-19-6-12(13,14)15/h3-5H,6-7H2,1-2H3. The highest BCUT2D eigenvalue weighted by Crippen LogP contribution is 2.38. The van der Waals surface area contributed by atoms with Crippen molar-refractivity contribution in [2.75, 3.05) is 27.6 Å². The fraction of sp³-hybridized carbons (Fsp3) is 0.417. The number of methoxy groups -OCH3 is 2. The number of halogens is 3. The second-order valence-electron chi connectivity index (χ2n) is 3.60. The summed E-state index contributed by atoms with van der Waals surface area (Å²) in [5, 5.41) is 0. The van der Waals surface area contributed by atoms with Crippen molar-refractivity contribution in [1.29, 1.82) is 0 Å². The summed E-state index contributed by atoms with van der Waals surface area (Å²) in [6.07, 6.45) is -3.85. The van der Waals surface area contributed by atoms with Crippen LogP contribution in [0.1, 0.15) is 10.4 Å². The molecule has 0 saturated heterocycles. The van der Waals surface area contributed by atoms with Crippen molar-refractivity contribution >= 4 is 6.29 Å². The normalized spacial score (nSPS) is 11.1. The van der Waals surface area contributed by atoms with Gasteiger partial charge in [-0.15, -0.1) is 0 Å². The highest BCUT2D eigenvalue weighted by atomic mass is 19.4. The van der Waals surface area contributed by atoms with Gasteiger partial charge < -0.3 is 18.9 Å². The third kappa shape index (κ3) is 4.61. The lowest BCUT2D eigenvalue weighted by Crippen LogP contribution is -2.19. The maximum atomic E-state index is 11.9. The molecule has 0 unspecified atom stereocenters. The van der Waals surface area contributed by atoms with Crippen LogP contribution in [-0.2, 0) is 4.74 Å². The van der Waals surface area contributed by atoms with Crippen molar-refractivity contribution in [1.82, 2.24) is 0 Å². The molecule has 0 spiro atoms. The monoisotopic (exact) mass is 294 g/mol. The van der Waals surface area contributed by atoms with Gasteiger partial charge in [-0.25, -0.2) is 0 Å². The first-order valence-corrected chi connectivity index (χ1v) is 5.39. The summed E-state index contributed by atoms with van der Waals surface area (Å²) in [5.74, 6) is 0.367. The summed E-state index contributed by atoms with van der Waals surface area (Å²) in [4.78, 5) is 10.7. The zero-order valence-electron chi connectivity index (χ0n) is 10.8. The van der Waals surface area contributed by atoms with Crippen LogP contribution in [0.3, 0.4) is 0 Å². The van der Waals surface area contributed by atoms with Gasteiger partial charge in [0.15, 0.2) is 18.3 Å². The average Bonchev–Trinajstić information content (AvgIpc) is 2.41. The fourth-order valence-corrected chi connectivity index (χ4v) is 1.37. The van der Waals surface area contributed by atoms with Gasteiger partial charge in [-0.05, 0) is 12.1 Å². The Morgan fingerprint density at radius 3 is 2.10 bits per heavy atom. The number of hydrogen-bond acceptors (Lipinski definition) is 5. The molecule has 0 aliphatic rings. The number of carbonyl (C=O) groups is 1. The Morgan fingerprint density at radius 1 is 1.15 bits per heavy atom. The van der Waals surface area contributed by atoms with Crippen molar-refractivity contribution in [2.45, 2.75) is 6.18 Å². The van der Waals surface area contributed by atoms with Crippen LogP contribution in [0, 0.1) is 0 Å². The Hall–Kier alpha value is -1.96. The van der Waals surface area contributed by atoms with Gasteiger partial charge in [-0.1, -0.05) is 0 Å². The van der Waals surface area contributed by atoms with Crippen LogP contribution in [0.2, 0.25) is 0 Å². The van der Waals surface area contributed by atoms with Crippen LogP contribution in [0.15, 0.2) is 12.1 Å². The summed E-state index contributed by atoms with van der Waals surface area (Å²) >= 11 is 0. The molecule has 0 atom stereocenters. The first-order chi connectivity index (χ1) is 9.41. The summed E-state index contributed by atoms with van der Waals surface area (Å²) in [6, 6.07) is 2.74. The van der Waals surface area contributed by atoms with Gasteiger partial charge in [0.25, 0.3) is 0 Å². The lowest BCUT2D eigenvalue weighted by molar-refractivity contribution is -0.187. The van der Waals surface area contributed by atoms with E-state index in [1.807, 2.05) is 0 Å². The smallest absolute Gasteiger partial charge is 0.411 e. The number of benzene rings is 1. The van der Waals surface area contributed by atoms with Crippen LogP contribution in [0.4, 0.5) is 13.2 Å². The molecule has 8 heteroatoms. The van der Waals surface area contributed by atoms with E-state index >= 15 is 0 Å². The van der Waals surface area contributed by atoms with Crippen LogP contribution in [0.25, 0.3) is 0 Å². The van der Waals surface area contributed by atoms with E-state index in [1.54, 1.807) is 0 Å². The lowest BCUT2D eigenvalue weighted by Gasteiger charge is -2.15. The first-order valence-electron chi connectivity index (χ1n) is 5.39. The van der Waals surface area contributed by atoms with Gasteiger partial charge in [0.1, 0.15) is 12.9 Å². The Kier molecular flexibility index (Phi) is 5.63. The third-order valence-corrected chi connectivity index (χ3v) is 2.17. The Balaban J connectivity index is 2.79. The summed E-state index contributed by atoms with van der Waals surface area (Å²) in [6.45, 7) is -2.06. The van der Waals surface area contributed by atoms with Crippen LogP contribution in [0.5, 0.6) is 17.2 Å². The molecule has 0 saturated carbocycles. The molecule has 5 nitrogen and oxygen atoms in total. The predicted octanol–water partition coefficient (Wildman–Crippen LogP) is 2.43. The first kappa shape index (κ1) is 16.1. The van der Waals surface area contributed by atoms with Crippen molar-refractivity contribution in [2.24, 2.45) is 0 Å². The molecule has 0 aliphatic heterocycles. The van der Waals surface area contributed by atoms with E-state index < -0.39 is 19.6 Å². The zero-order chi connectivity index (χ0) is 15.2. The topological polar surface area (TPSA) is 54.0 Å². The van der Waals surface area contributed by atoms with Gasteiger partial charge in [0, 0.05) is 5.56 Å². The molecular formula is C12H13F3O5. The SMILES string of the molecule is COc1cc(C=O)cc(OC)c1OCOCC(F)(F)F. The molecule has 0 radical (unpaired) electrons. The van der Waals surface area contributed by atoms with E-state index in [1.165, 1.54) is 26.4 Å². The molecule has 0 aromatic heterocycles. The van der Waals surface area contributed by atoms with Crippen molar-refractivity contribution < 1.29 is 36.9 Å². The molecule has 20 heavy (non-hydrogen) atoms. The molecule has 1 aromatic rings. The van der Waals surface area contributed by atoms with Crippen molar-refractivity contribution in [3.8, 4) is 17.2 Å².